The topological polar surface area (TPSA) is 50.4 Å². The molecule has 3 aromatic heterocycles. The van der Waals surface area contributed by atoms with Crippen molar-refractivity contribution in [2.75, 3.05) is 0 Å². The minimum Gasteiger partial charge on any atom is -0.390 e. The number of hydrogen-bond acceptors (Lipinski definition) is 3. The Morgan fingerprint density at radius 2 is 2.17 bits per heavy atom. The first-order chi connectivity index (χ1) is 8.79. The first kappa shape index (κ1) is 10.9. The molecule has 90 valence electrons. The molecule has 3 heterocycles. The zero-order chi connectivity index (χ0) is 12.5. The van der Waals surface area contributed by atoms with E-state index in [1.807, 2.05) is 18.2 Å². The SMILES string of the molecule is OCc1cc(-c2cccc3ccnn23)c(F)cn1. The van der Waals surface area contributed by atoms with Crippen LogP contribution in [0.3, 0.4) is 0 Å². The molecule has 3 rings (SSSR count). The second-order valence-electron chi connectivity index (χ2n) is 3.89. The van der Waals surface area contributed by atoms with Gasteiger partial charge in [-0.2, -0.15) is 5.10 Å². The monoisotopic (exact) mass is 243 g/mol. The predicted octanol–water partition coefficient (Wildman–Crippen LogP) is 2.03. The number of aliphatic hydroxyl groups is 1. The Morgan fingerprint density at radius 3 is 3.00 bits per heavy atom. The van der Waals surface area contributed by atoms with Crippen molar-refractivity contribution in [1.29, 1.82) is 0 Å². The summed E-state index contributed by atoms with van der Waals surface area (Å²) in [4.78, 5) is 3.80. The van der Waals surface area contributed by atoms with Crippen LogP contribution in [0.2, 0.25) is 0 Å². The Balaban J connectivity index is 2.28. The third-order valence-corrected chi connectivity index (χ3v) is 2.77. The molecule has 3 aromatic rings. The molecule has 0 bridgehead atoms. The Morgan fingerprint density at radius 1 is 1.28 bits per heavy atom. The van der Waals surface area contributed by atoms with Crippen molar-refractivity contribution >= 4 is 5.52 Å². The van der Waals surface area contributed by atoms with Crippen LogP contribution in [0.25, 0.3) is 16.8 Å². The van der Waals surface area contributed by atoms with E-state index < -0.39 is 5.82 Å². The van der Waals surface area contributed by atoms with Gasteiger partial charge in [0.1, 0.15) is 0 Å². The summed E-state index contributed by atoms with van der Waals surface area (Å²) in [6.45, 7) is -0.220. The Bertz CT molecular complexity index is 708. The van der Waals surface area contributed by atoms with Gasteiger partial charge in [0, 0.05) is 5.56 Å². The van der Waals surface area contributed by atoms with Gasteiger partial charge in [0.2, 0.25) is 0 Å². The van der Waals surface area contributed by atoms with Crippen LogP contribution in [0.4, 0.5) is 4.39 Å². The number of nitrogens with zero attached hydrogens (tertiary/aromatic N) is 3. The molecule has 0 atom stereocenters. The molecule has 0 amide bonds. The fraction of sp³-hybridized carbons (Fsp3) is 0.0769. The van der Waals surface area contributed by atoms with Crippen molar-refractivity contribution in [2.24, 2.45) is 0 Å². The highest BCUT2D eigenvalue weighted by atomic mass is 19.1. The molecule has 0 aliphatic heterocycles. The number of fused-ring (bicyclic) bond motifs is 1. The first-order valence-corrected chi connectivity index (χ1v) is 5.48. The number of aliphatic hydroxyl groups excluding tert-OH is 1. The van der Waals surface area contributed by atoms with Crippen molar-refractivity contribution in [3.8, 4) is 11.3 Å². The minimum atomic E-state index is -0.435. The molecule has 1 N–H and O–H groups in total. The summed E-state index contributed by atoms with van der Waals surface area (Å²) in [6.07, 6.45) is 2.77. The zero-order valence-corrected chi connectivity index (χ0v) is 9.42. The molecule has 0 unspecified atom stereocenters. The molecule has 0 aromatic carbocycles. The summed E-state index contributed by atoms with van der Waals surface area (Å²) in [7, 11) is 0. The maximum Gasteiger partial charge on any atom is 0.150 e. The zero-order valence-electron chi connectivity index (χ0n) is 9.42. The highest BCUT2D eigenvalue weighted by Gasteiger charge is 2.10. The van der Waals surface area contributed by atoms with Gasteiger partial charge in [0.05, 0.1) is 35.9 Å². The van der Waals surface area contributed by atoms with Crippen LogP contribution < -0.4 is 0 Å². The second kappa shape index (κ2) is 4.19. The molecule has 0 aliphatic rings. The highest BCUT2D eigenvalue weighted by Crippen LogP contribution is 2.23. The number of rotatable bonds is 2. The predicted molar refractivity (Wildman–Crippen MR) is 64.3 cm³/mol. The minimum absolute atomic E-state index is 0.220. The van der Waals surface area contributed by atoms with Crippen LogP contribution in [0.1, 0.15) is 5.69 Å². The molecule has 0 saturated heterocycles. The molecule has 0 fully saturated rings. The third kappa shape index (κ3) is 1.65. The number of aromatic nitrogens is 3. The molecular formula is C13H10FN3O. The van der Waals surface area contributed by atoms with Gasteiger partial charge >= 0.3 is 0 Å². The maximum atomic E-state index is 13.8. The number of halogens is 1. The average Bonchev–Trinajstić information content (AvgIpc) is 2.87. The van der Waals surface area contributed by atoms with Crippen molar-refractivity contribution in [3.05, 3.63) is 54.2 Å². The number of hydrogen-bond donors (Lipinski definition) is 1. The second-order valence-corrected chi connectivity index (χ2v) is 3.89. The van der Waals surface area contributed by atoms with E-state index in [2.05, 4.69) is 10.1 Å². The van der Waals surface area contributed by atoms with Gasteiger partial charge in [-0.15, -0.1) is 0 Å². The van der Waals surface area contributed by atoms with E-state index in [1.165, 1.54) is 6.07 Å². The van der Waals surface area contributed by atoms with E-state index >= 15 is 0 Å². The molecule has 18 heavy (non-hydrogen) atoms. The van der Waals surface area contributed by atoms with Crippen molar-refractivity contribution in [2.45, 2.75) is 6.61 Å². The first-order valence-electron chi connectivity index (χ1n) is 5.48. The van der Waals surface area contributed by atoms with Crippen molar-refractivity contribution < 1.29 is 9.50 Å². The molecular weight excluding hydrogens is 233 g/mol. The fourth-order valence-corrected chi connectivity index (χ4v) is 1.92. The normalized spacial score (nSPS) is 11.0. The van der Waals surface area contributed by atoms with E-state index in [0.717, 1.165) is 11.7 Å². The van der Waals surface area contributed by atoms with Crippen molar-refractivity contribution in [1.82, 2.24) is 14.6 Å². The summed E-state index contributed by atoms with van der Waals surface area (Å²) >= 11 is 0. The lowest BCUT2D eigenvalue weighted by atomic mass is 10.1. The van der Waals surface area contributed by atoms with Gasteiger partial charge in [-0.25, -0.2) is 8.91 Å². The van der Waals surface area contributed by atoms with Crippen LogP contribution >= 0.6 is 0 Å². The highest BCUT2D eigenvalue weighted by molar-refractivity contribution is 5.64. The van der Waals surface area contributed by atoms with Gasteiger partial charge in [0.15, 0.2) is 5.82 Å². The lowest BCUT2D eigenvalue weighted by Gasteiger charge is -2.07. The van der Waals surface area contributed by atoms with E-state index in [-0.39, 0.29) is 6.61 Å². The summed E-state index contributed by atoms with van der Waals surface area (Å²) < 4.78 is 15.5. The number of pyridine rings is 2. The van der Waals surface area contributed by atoms with Crippen molar-refractivity contribution in [3.63, 3.8) is 0 Å². The summed E-state index contributed by atoms with van der Waals surface area (Å²) in [5, 5.41) is 13.2. The quantitative estimate of drug-likeness (QED) is 0.749. The van der Waals surface area contributed by atoms with Crippen LogP contribution in [0.15, 0.2) is 42.7 Å². The van der Waals surface area contributed by atoms with E-state index in [9.17, 15) is 4.39 Å². The standard InChI is InChI=1S/C13H10FN3O/c14-12-7-15-9(8-18)6-11(12)13-3-1-2-10-4-5-16-17(10)13/h1-7,18H,8H2. The third-order valence-electron chi connectivity index (χ3n) is 2.77. The Kier molecular flexibility index (Phi) is 2.53. The Hall–Kier alpha value is -2.27. The van der Waals surface area contributed by atoms with Crippen LogP contribution in [-0.4, -0.2) is 19.7 Å². The molecule has 0 saturated carbocycles. The molecule has 0 spiro atoms. The molecule has 4 nitrogen and oxygen atoms in total. The molecule has 5 heteroatoms. The smallest absolute Gasteiger partial charge is 0.150 e. The lowest BCUT2D eigenvalue weighted by molar-refractivity contribution is 0.276. The van der Waals surface area contributed by atoms with Crippen LogP contribution in [0, 0.1) is 5.82 Å². The average molecular weight is 243 g/mol. The summed E-state index contributed by atoms with van der Waals surface area (Å²) in [5.74, 6) is -0.435. The molecule has 0 radical (unpaired) electrons. The van der Waals surface area contributed by atoms with Crippen LogP contribution in [-0.2, 0) is 6.61 Å². The van der Waals surface area contributed by atoms with Crippen LogP contribution in [0.5, 0.6) is 0 Å². The van der Waals surface area contributed by atoms with Gasteiger partial charge in [-0.1, -0.05) is 6.07 Å². The fourth-order valence-electron chi connectivity index (χ4n) is 1.92. The van der Waals surface area contributed by atoms with E-state index in [4.69, 9.17) is 5.11 Å². The molecule has 0 aliphatic carbocycles. The Labute approximate surface area is 102 Å². The van der Waals surface area contributed by atoms with Gasteiger partial charge in [0.25, 0.3) is 0 Å². The van der Waals surface area contributed by atoms with Gasteiger partial charge in [-0.3, -0.25) is 4.98 Å². The van der Waals surface area contributed by atoms with Gasteiger partial charge in [-0.05, 0) is 24.3 Å². The van der Waals surface area contributed by atoms with E-state index in [1.54, 1.807) is 16.8 Å². The summed E-state index contributed by atoms with van der Waals surface area (Å²) in [6, 6.07) is 8.88. The largest absolute Gasteiger partial charge is 0.390 e. The van der Waals surface area contributed by atoms with Gasteiger partial charge < -0.3 is 5.11 Å². The van der Waals surface area contributed by atoms with E-state index in [0.29, 0.717) is 17.0 Å². The lowest BCUT2D eigenvalue weighted by Crippen LogP contribution is -1.98. The summed E-state index contributed by atoms with van der Waals surface area (Å²) in [5.41, 5.74) is 2.32. The maximum absolute atomic E-state index is 13.8.